The third kappa shape index (κ3) is 5.02. The minimum atomic E-state index is 0.00938. The monoisotopic (exact) mass is 430 g/mol. The second kappa shape index (κ2) is 9.68. The molecule has 0 spiro atoms. The molecule has 1 fully saturated rings. The number of hydrogen-bond donors (Lipinski definition) is 0. The number of nitrogens with zero attached hydrogens (tertiary/aromatic N) is 2. The second-order valence-corrected chi connectivity index (χ2v) is 9.01. The number of amidine groups is 1. The lowest BCUT2D eigenvalue weighted by atomic mass is 10.1. The fraction of sp³-hybridized carbons (Fsp3) is 0.273. The van der Waals surface area contributed by atoms with Gasteiger partial charge in [-0.2, -0.15) is 11.8 Å². The fourth-order valence-corrected chi connectivity index (χ4v) is 4.50. The first-order chi connectivity index (χ1) is 13.5. The highest BCUT2D eigenvalue weighted by Crippen LogP contribution is 2.35. The largest absolute Gasteiger partial charge is 0.286 e. The Kier molecular flexibility index (Phi) is 7.27. The fourth-order valence-electron chi connectivity index (χ4n) is 2.86. The molecule has 3 rings (SSSR count). The normalized spacial score (nSPS) is 17.1. The van der Waals surface area contributed by atoms with Gasteiger partial charge in [-0.3, -0.25) is 9.69 Å². The molecule has 0 N–H and O–H groups in total. The van der Waals surface area contributed by atoms with E-state index in [0.717, 1.165) is 34.2 Å². The van der Waals surface area contributed by atoms with E-state index in [1.807, 2.05) is 42.5 Å². The van der Waals surface area contributed by atoms with Crippen LogP contribution in [0.1, 0.15) is 23.1 Å². The molecule has 1 aliphatic heterocycles. The van der Waals surface area contributed by atoms with E-state index in [9.17, 15) is 4.79 Å². The number of hydrogen-bond acceptors (Lipinski definition) is 4. The van der Waals surface area contributed by atoms with Gasteiger partial charge in [-0.15, -0.1) is 0 Å². The SMILES string of the molecule is CSCCCN1C(=O)/C(=C\c2cccc(Cl)c2)SC1=Nc1cccc(C)c1C. The highest BCUT2D eigenvalue weighted by Gasteiger charge is 2.33. The number of benzene rings is 2. The Morgan fingerprint density at radius 2 is 2.00 bits per heavy atom. The van der Waals surface area contributed by atoms with E-state index < -0.39 is 0 Å². The minimum absolute atomic E-state index is 0.00938. The van der Waals surface area contributed by atoms with Crippen molar-refractivity contribution in [3.63, 3.8) is 0 Å². The van der Waals surface area contributed by atoms with Crippen molar-refractivity contribution < 1.29 is 4.79 Å². The van der Waals surface area contributed by atoms with E-state index in [1.165, 1.54) is 17.3 Å². The van der Waals surface area contributed by atoms with E-state index in [1.54, 1.807) is 16.7 Å². The Labute approximate surface area is 180 Å². The Hall–Kier alpha value is -1.69. The molecule has 0 unspecified atom stereocenters. The minimum Gasteiger partial charge on any atom is -0.286 e. The zero-order chi connectivity index (χ0) is 20.1. The average molecular weight is 431 g/mol. The molecule has 146 valence electrons. The summed E-state index contributed by atoms with van der Waals surface area (Å²) in [6.45, 7) is 4.81. The van der Waals surface area contributed by atoms with Crippen molar-refractivity contribution in [3.05, 3.63) is 69.1 Å². The summed E-state index contributed by atoms with van der Waals surface area (Å²) in [5.41, 5.74) is 4.16. The predicted molar refractivity (Wildman–Crippen MR) is 125 cm³/mol. The van der Waals surface area contributed by atoms with Crippen LogP contribution in [0.5, 0.6) is 0 Å². The summed E-state index contributed by atoms with van der Waals surface area (Å²) in [6, 6.07) is 13.6. The molecule has 28 heavy (non-hydrogen) atoms. The average Bonchev–Trinajstić information content (AvgIpc) is 2.94. The molecule has 2 aromatic rings. The van der Waals surface area contributed by atoms with Crippen molar-refractivity contribution in [1.29, 1.82) is 0 Å². The first kappa shape index (κ1) is 21.0. The molecule has 0 atom stereocenters. The number of aryl methyl sites for hydroxylation is 1. The zero-order valence-electron chi connectivity index (χ0n) is 16.2. The van der Waals surface area contributed by atoms with Gasteiger partial charge in [0.1, 0.15) is 0 Å². The lowest BCUT2D eigenvalue weighted by Gasteiger charge is -2.15. The quantitative estimate of drug-likeness (QED) is 0.397. The van der Waals surface area contributed by atoms with Crippen LogP contribution in [0.2, 0.25) is 5.02 Å². The predicted octanol–water partition coefficient (Wildman–Crippen LogP) is 6.31. The van der Waals surface area contributed by atoms with Gasteiger partial charge < -0.3 is 0 Å². The highest BCUT2D eigenvalue weighted by atomic mass is 35.5. The van der Waals surface area contributed by atoms with Crippen LogP contribution in [0.25, 0.3) is 6.08 Å². The summed E-state index contributed by atoms with van der Waals surface area (Å²) in [5, 5.41) is 1.40. The molecular formula is C22H23ClN2OS2. The van der Waals surface area contributed by atoms with Gasteiger partial charge in [0.25, 0.3) is 5.91 Å². The van der Waals surface area contributed by atoms with Crippen LogP contribution < -0.4 is 0 Å². The summed E-state index contributed by atoms with van der Waals surface area (Å²) in [4.78, 5) is 20.4. The van der Waals surface area contributed by atoms with Crippen molar-refractivity contribution in [3.8, 4) is 0 Å². The summed E-state index contributed by atoms with van der Waals surface area (Å²) in [6.07, 6.45) is 4.91. The molecular weight excluding hydrogens is 408 g/mol. The number of thioether (sulfide) groups is 2. The molecule has 0 aromatic heterocycles. The number of halogens is 1. The third-order valence-electron chi connectivity index (χ3n) is 4.56. The maximum absolute atomic E-state index is 13.1. The van der Waals surface area contributed by atoms with E-state index in [2.05, 4.69) is 26.2 Å². The van der Waals surface area contributed by atoms with Crippen molar-refractivity contribution in [2.24, 2.45) is 4.99 Å². The lowest BCUT2D eigenvalue weighted by molar-refractivity contribution is -0.122. The third-order valence-corrected chi connectivity index (χ3v) is 6.50. The van der Waals surface area contributed by atoms with Gasteiger partial charge in [0.05, 0.1) is 10.6 Å². The molecule has 1 aliphatic rings. The maximum atomic E-state index is 13.1. The van der Waals surface area contributed by atoms with Gasteiger partial charge >= 0.3 is 0 Å². The smallest absolute Gasteiger partial charge is 0.266 e. The Morgan fingerprint density at radius 1 is 1.21 bits per heavy atom. The molecule has 0 saturated carbocycles. The van der Waals surface area contributed by atoms with E-state index in [-0.39, 0.29) is 5.91 Å². The van der Waals surface area contributed by atoms with Gasteiger partial charge in [-0.05, 0) is 85.0 Å². The standard InChI is InChI=1S/C22H23ClN2OS2/c1-15-7-4-10-19(16(15)2)24-22-25(11-6-12-27-3)21(26)20(28-22)14-17-8-5-9-18(23)13-17/h4-5,7-10,13-14H,6,11-12H2,1-3H3/b20-14+,24-22?. The Balaban J connectivity index is 1.95. The van der Waals surface area contributed by atoms with Crippen LogP contribution in [0.3, 0.4) is 0 Å². The molecule has 2 aromatic carbocycles. The maximum Gasteiger partial charge on any atom is 0.266 e. The van der Waals surface area contributed by atoms with Gasteiger partial charge in [0, 0.05) is 11.6 Å². The number of amides is 1. The Morgan fingerprint density at radius 3 is 2.75 bits per heavy atom. The van der Waals surface area contributed by atoms with Gasteiger partial charge in [0.2, 0.25) is 0 Å². The second-order valence-electron chi connectivity index (χ2n) is 6.58. The zero-order valence-corrected chi connectivity index (χ0v) is 18.6. The van der Waals surface area contributed by atoms with Gasteiger partial charge in [0.15, 0.2) is 5.17 Å². The van der Waals surface area contributed by atoms with Crippen LogP contribution in [-0.2, 0) is 4.79 Å². The highest BCUT2D eigenvalue weighted by molar-refractivity contribution is 8.18. The van der Waals surface area contributed by atoms with E-state index in [0.29, 0.717) is 16.5 Å². The molecule has 1 amide bonds. The number of aliphatic imine (C=N–C) groups is 1. The van der Waals surface area contributed by atoms with Crippen LogP contribution >= 0.6 is 35.1 Å². The summed E-state index contributed by atoms with van der Waals surface area (Å²) in [7, 11) is 0. The summed E-state index contributed by atoms with van der Waals surface area (Å²) < 4.78 is 0. The van der Waals surface area contributed by atoms with Crippen LogP contribution in [0.4, 0.5) is 5.69 Å². The number of carbonyl (C=O) groups excluding carboxylic acids is 1. The van der Waals surface area contributed by atoms with Crippen LogP contribution in [0, 0.1) is 13.8 Å². The molecule has 0 bridgehead atoms. The molecule has 1 saturated heterocycles. The molecule has 1 heterocycles. The first-order valence-corrected chi connectivity index (χ1v) is 11.7. The van der Waals surface area contributed by atoms with Crippen LogP contribution in [-0.4, -0.2) is 34.5 Å². The number of carbonyl (C=O) groups is 1. The molecule has 6 heteroatoms. The van der Waals surface area contributed by atoms with Gasteiger partial charge in [-0.25, -0.2) is 4.99 Å². The summed E-state index contributed by atoms with van der Waals surface area (Å²) in [5.74, 6) is 1.02. The summed E-state index contributed by atoms with van der Waals surface area (Å²) >= 11 is 9.31. The number of rotatable bonds is 6. The molecule has 0 aliphatic carbocycles. The first-order valence-electron chi connectivity index (χ1n) is 9.10. The van der Waals surface area contributed by atoms with Gasteiger partial charge in [-0.1, -0.05) is 35.9 Å². The van der Waals surface area contributed by atoms with Crippen molar-refractivity contribution in [2.45, 2.75) is 20.3 Å². The Bertz CT molecular complexity index is 940. The van der Waals surface area contributed by atoms with Crippen molar-refractivity contribution >= 4 is 58.0 Å². The lowest BCUT2D eigenvalue weighted by Crippen LogP contribution is -2.30. The molecule has 3 nitrogen and oxygen atoms in total. The van der Waals surface area contributed by atoms with Crippen LogP contribution in [0.15, 0.2) is 52.4 Å². The topological polar surface area (TPSA) is 32.7 Å². The van der Waals surface area contributed by atoms with E-state index in [4.69, 9.17) is 16.6 Å². The van der Waals surface area contributed by atoms with E-state index >= 15 is 0 Å². The van der Waals surface area contributed by atoms with Crippen molar-refractivity contribution in [2.75, 3.05) is 18.6 Å². The van der Waals surface area contributed by atoms with Crippen molar-refractivity contribution in [1.82, 2.24) is 4.90 Å². The molecule has 0 radical (unpaired) electrons.